The van der Waals surface area contributed by atoms with Crippen LogP contribution in [0.15, 0.2) is 41.4 Å². The van der Waals surface area contributed by atoms with E-state index in [-0.39, 0.29) is 6.04 Å². The van der Waals surface area contributed by atoms with Crippen LogP contribution in [0.2, 0.25) is 0 Å². The molecule has 0 saturated heterocycles. The van der Waals surface area contributed by atoms with Gasteiger partial charge in [0, 0.05) is 35.8 Å². The van der Waals surface area contributed by atoms with Crippen molar-refractivity contribution in [2.75, 3.05) is 20.3 Å². The van der Waals surface area contributed by atoms with Crippen LogP contribution in [-0.2, 0) is 24.4 Å². The van der Waals surface area contributed by atoms with Crippen LogP contribution in [0, 0.1) is 0 Å². The molecule has 4 heterocycles. The molecule has 5 rings (SSSR count). The Labute approximate surface area is 176 Å². The molecule has 1 atom stereocenters. The van der Waals surface area contributed by atoms with Gasteiger partial charge in [-0.3, -0.25) is 4.90 Å². The SMILES string of the molecule is COc1ccc2c(c1)nc1n2C(CN(Cc2nccs2)Cc2nccs2)COC1. The fourth-order valence-corrected chi connectivity index (χ4v) is 5.10. The van der Waals surface area contributed by atoms with Gasteiger partial charge in [-0.15, -0.1) is 22.7 Å². The Balaban J connectivity index is 1.45. The van der Waals surface area contributed by atoms with Gasteiger partial charge in [0.25, 0.3) is 0 Å². The van der Waals surface area contributed by atoms with Gasteiger partial charge in [0.15, 0.2) is 0 Å². The third kappa shape index (κ3) is 3.91. The number of hydrogen-bond acceptors (Lipinski definition) is 8. The maximum Gasteiger partial charge on any atom is 0.136 e. The maximum atomic E-state index is 5.90. The van der Waals surface area contributed by atoms with Crippen molar-refractivity contribution in [1.82, 2.24) is 24.4 Å². The van der Waals surface area contributed by atoms with Crippen molar-refractivity contribution in [1.29, 1.82) is 0 Å². The summed E-state index contributed by atoms with van der Waals surface area (Å²) in [6.07, 6.45) is 3.72. The molecule has 0 N–H and O–H groups in total. The van der Waals surface area contributed by atoms with Crippen LogP contribution in [0.3, 0.4) is 0 Å². The Hall–Kier alpha value is -2.33. The molecular formula is C20H21N5O2S2. The number of methoxy groups -OCH3 is 1. The number of aromatic nitrogens is 4. The first-order valence-corrected chi connectivity index (χ1v) is 11.2. The van der Waals surface area contributed by atoms with Crippen molar-refractivity contribution in [2.45, 2.75) is 25.7 Å². The van der Waals surface area contributed by atoms with Gasteiger partial charge in [-0.1, -0.05) is 0 Å². The average Bonchev–Trinajstić information content (AvgIpc) is 3.48. The lowest BCUT2D eigenvalue weighted by Gasteiger charge is -2.31. The summed E-state index contributed by atoms with van der Waals surface area (Å²) in [6.45, 7) is 3.62. The van der Waals surface area contributed by atoms with Crippen LogP contribution in [0.4, 0.5) is 0 Å². The zero-order valence-corrected chi connectivity index (χ0v) is 17.7. The molecule has 0 radical (unpaired) electrons. The summed E-state index contributed by atoms with van der Waals surface area (Å²) in [6, 6.07) is 6.25. The predicted molar refractivity (Wildman–Crippen MR) is 113 cm³/mol. The Kier molecular flexibility index (Phi) is 5.28. The number of hydrogen-bond donors (Lipinski definition) is 0. The van der Waals surface area contributed by atoms with Crippen molar-refractivity contribution in [3.63, 3.8) is 0 Å². The van der Waals surface area contributed by atoms with Gasteiger partial charge in [0.2, 0.25) is 0 Å². The fraction of sp³-hybridized carbons (Fsp3) is 0.350. The number of nitrogens with zero attached hydrogens (tertiary/aromatic N) is 5. The summed E-state index contributed by atoms with van der Waals surface area (Å²) in [5.41, 5.74) is 2.07. The predicted octanol–water partition coefficient (Wildman–Crippen LogP) is 3.73. The van der Waals surface area contributed by atoms with E-state index in [4.69, 9.17) is 14.5 Å². The fourth-order valence-electron chi connectivity index (χ4n) is 3.79. The van der Waals surface area contributed by atoms with Crippen LogP contribution in [0.1, 0.15) is 21.9 Å². The van der Waals surface area contributed by atoms with Gasteiger partial charge in [-0.05, 0) is 12.1 Å². The van der Waals surface area contributed by atoms with Crippen molar-refractivity contribution < 1.29 is 9.47 Å². The molecule has 9 heteroatoms. The van der Waals surface area contributed by atoms with Crippen molar-refractivity contribution in [3.8, 4) is 5.75 Å². The van der Waals surface area contributed by atoms with Gasteiger partial charge >= 0.3 is 0 Å². The molecule has 29 heavy (non-hydrogen) atoms. The number of imidazole rings is 1. The molecule has 4 aromatic rings. The monoisotopic (exact) mass is 427 g/mol. The molecule has 0 amide bonds. The summed E-state index contributed by atoms with van der Waals surface area (Å²) in [5, 5.41) is 6.27. The Morgan fingerprint density at radius 3 is 2.59 bits per heavy atom. The lowest BCUT2D eigenvalue weighted by molar-refractivity contribution is 0.0402. The van der Waals surface area contributed by atoms with E-state index < -0.39 is 0 Å². The average molecular weight is 428 g/mol. The van der Waals surface area contributed by atoms with E-state index in [2.05, 4.69) is 25.5 Å². The Morgan fingerprint density at radius 1 is 1.17 bits per heavy atom. The summed E-state index contributed by atoms with van der Waals surface area (Å²) in [4.78, 5) is 16.1. The minimum atomic E-state index is 0.178. The molecule has 0 spiro atoms. The molecule has 1 unspecified atom stereocenters. The van der Waals surface area contributed by atoms with E-state index in [1.54, 1.807) is 29.8 Å². The lowest BCUT2D eigenvalue weighted by atomic mass is 10.2. The maximum absolute atomic E-state index is 5.90. The molecule has 150 valence electrons. The number of benzene rings is 1. The van der Waals surface area contributed by atoms with Gasteiger partial charge < -0.3 is 14.0 Å². The van der Waals surface area contributed by atoms with Crippen LogP contribution in [0.25, 0.3) is 11.0 Å². The van der Waals surface area contributed by atoms with Crippen LogP contribution >= 0.6 is 22.7 Å². The zero-order valence-electron chi connectivity index (χ0n) is 16.0. The normalized spacial score (nSPS) is 16.4. The smallest absolute Gasteiger partial charge is 0.136 e. The van der Waals surface area contributed by atoms with Gasteiger partial charge in [0.05, 0.1) is 43.9 Å². The van der Waals surface area contributed by atoms with E-state index in [0.29, 0.717) is 13.2 Å². The van der Waals surface area contributed by atoms with E-state index in [9.17, 15) is 0 Å². The molecule has 0 aliphatic carbocycles. The van der Waals surface area contributed by atoms with Crippen LogP contribution < -0.4 is 4.74 Å². The molecule has 3 aromatic heterocycles. The first kappa shape index (κ1) is 18.7. The van der Waals surface area contributed by atoms with E-state index in [0.717, 1.165) is 52.3 Å². The van der Waals surface area contributed by atoms with Gasteiger partial charge in [-0.25, -0.2) is 15.0 Å². The zero-order chi connectivity index (χ0) is 19.6. The molecule has 7 nitrogen and oxygen atoms in total. The van der Waals surface area contributed by atoms with E-state index >= 15 is 0 Å². The molecule has 1 aliphatic heterocycles. The third-order valence-corrected chi connectivity index (χ3v) is 6.56. The molecular weight excluding hydrogens is 406 g/mol. The topological polar surface area (TPSA) is 65.3 Å². The van der Waals surface area contributed by atoms with Crippen molar-refractivity contribution in [3.05, 3.63) is 57.2 Å². The highest BCUT2D eigenvalue weighted by Crippen LogP contribution is 2.29. The first-order valence-electron chi connectivity index (χ1n) is 9.42. The molecule has 1 aromatic carbocycles. The van der Waals surface area contributed by atoms with Crippen LogP contribution in [0.5, 0.6) is 5.75 Å². The van der Waals surface area contributed by atoms with Crippen LogP contribution in [-0.4, -0.2) is 44.7 Å². The number of rotatable bonds is 7. The second-order valence-corrected chi connectivity index (χ2v) is 8.90. The first-order chi connectivity index (χ1) is 14.3. The van der Waals surface area contributed by atoms with Gasteiger partial charge in [0.1, 0.15) is 28.2 Å². The standard InChI is InChI=1S/C20H21N5O2S2/c1-26-15-2-3-17-16(8-15)23-18-13-27-12-14(25(17)18)9-24(10-19-21-4-6-28-19)11-20-22-5-7-29-20/h2-8,14H,9-13H2,1H3. The number of fused-ring (bicyclic) bond motifs is 3. The quantitative estimate of drug-likeness (QED) is 0.448. The molecule has 0 bridgehead atoms. The van der Waals surface area contributed by atoms with E-state index in [1.165, 1.54) is 0 Å². The third-order valence-electron chi connectivity index (χ3n) is 5.03. The minimum absolute atomic E-state index is 0.178. The Morgan fingerprint density at radius 2 is 1.93 bits per heavy atom. The second-order valence-electron chi connectivity index (χ2n) is 6.94. The number of ether oxygens (including phenoxy) is 2. The highest BCUT2D eigenvalue weighted by molar-refractivity contribution is 7.09. The highest BCUT2D eigenvalue weighted by atomic mass is 32.1. The summed E-state index contributed by atoms with van der Waals surface area (Å²) in [5.74, 6) is 1.78. The minimum Gasteiger partial charge on any atom is -0.497 e. The van der Waals surface area contributed by atoms with Crippen molar-refractivity contribution >= 4 is 33.7 Å². The second kappa shape index (κ2) is 8.19. The van der Waals surface area contributed by atoms with Crippen molar-refractivity contribution in [2.24, 2.45) is 0 Å². The van der Waals surface area contributed by atoms with Gasteiger partial charge in [-0.2, -0.15) is 0 Å². The molecule has 1 aliphatic rings. The molecule has 0 saturated carbocycles. The summed E-state index contributed by atoms with van der Waals surface area (Å²) < 4.78 is 13.6. The summed E-state index contributed by atoms with van der Waals surface area (Å²) >= 11 is 3.37. The van der Waals surface area contributed by atoms with E-state index in [1.807, 2.05) is 35.3 Å². The lowest BCUT2D eigenvalue weighted by Crippen LogP contribution is -2.35. The number of thiazole rings is 2. The summed E-state index contributed by atoms with van der Waals surface area (Å²) in [7, 11) is 1.68. The largest absolute Gasteiger partial charge is 0.497 e. The highest BCUT2D eigenvalue weighted by Gasteiger charge is 2.26. The molecule has 0 fully saturated rings. The Bertz CT molecular complexity index is 1040.